The SMILES string of the molecule is CCOc1ccc(/C=C(\C(=O)O)c2ccc(Cl)s2)cc1Cl. The maximum absolute atomic E-state index is 11.4. The Labute approximate surface area is 136 Å². The van der Waals surface area contributed by atoms with Crippen molar-refractivity contribution in [3.63, 3.8) is 0 Å². The molecule has 0 amide bonds. The van der Waals surface area contributed by atoms with Gasteiger partial charge in [0.1, 0.15) is 5.75 Å². The van der Waals surface area contributed by atoms with Crippen molar-refractivity contribution < 1.29 is 14.6 Å². The summed E-state index contributed by atoms with van der Waals surface area (Å²) in [5.74, 6) is -0.439. The van der Waals surface area contributed by atoms with E-state index in [-0.39, 0.29) is 5.57 Å². The van der Waals surface area contributed by atoms with Crippen LogP contribution < -0.4 is 4.74 Å². The number of thiophene rings is 1. The van der Waals surface area contributed by atoms with Crippen LogP contribution >= 0.6 is 34.5 Å². The summed E-state index contributed by atoms with van der Waals surface area (Å²) >= 11 is 13.2. The average Bonchev–Trinajstić information content (AvgIpc) is 2.85. The summed E-state index contributed by atoms with van der Waals surface area (Å²) in [4.78, 5) is 12.0. The Hall–Kier alpha value is -1.49. The minimum Gasteiger partial charge on any atom is -0.492 e. The van der Waals surface area contributed by atoms with Crippen molar-refractivity contribution in [1.82, 2.24) is 0 Å². The molecule has 0 aliphatic rings. The van der Waals surface area contributed by atoms with Gasteiger partial charge in [-0.05, 0) is 42.8 Å². The molecule has 21 heavy (non-hydrogen) atoms. The summed E-state index contributed by atoms with van der Waals surface area (Å²) in [5.41, 5.74) is 0.859. The van der Waals surface area contributed by atoms with E-state index < -0.39 is 5.97 Å². The van der Waals surface area contributed by atoms with Gasteiger partial charge in [-0.2, -0.15) is 0 Å². The second-order valence-electron chi connectivity index (χ2n) is 4.09. The fraction of sp³-hybridized carbons (Fsp3) is 0.133. The Bertz CT molecular complexity index is 692. The van der Waals surface area contributed by atoms with Gasteiger partial charge in [-0.25, -0.2) is 4.79 Å². The molecule has 0 aliphatic carbocycles. The maximum Gasteiger partial charge on any atom is 0.337 e. The lowest BCUT2D eigenvalue weighted by atomic mass is 10.1. The molecule has 1 aromatic carbocycles. The molecule has 2 aromatic rings. The van der Waals surface area contributed by atoms with Crippen molar-refractivity contribution >= 4 is 52.2 Å². The largest absolute Gasteiger partial charge is 0.492 e. The van der Waals surface area contributed by atoms with Crippen molar-refractivity contribution in [3.05, 3.63) is 50.1 Å². The quantitative estimate of drug-likeness (QED) is 0.770. The first-order chi connectivity index (χ1) is 10.0. The molecule has 110 valence electrons. The molecule has 0 atom stereocenters. The molecule has 0 radical (unpaired) electrons. The zero-order valence-corrected chi connectivity index (χ0v) is 13.4. The highest BCUT2D eigenvalue weighted by Gasteiger charge is 2.13. The summed E-state index contributed by atoms with van der Waals surface area (Å²) in [6.45, 7) is 2.39. The van der Waals surface area contributed by atoms with Gasteiger partial charge in [-0.15, -0.1) is 11.3 Å². The fourth-order valence-electron chi connectivity index (χ4n) is 1.74. The van der Waals surface area contributed by atoms with Gasteiger partial charge >= 0.3 is 5.97 Å². The smallest absolute Gasteiger partial charge is 0.337 e. The first kappa shape index (κ1) is 15.9. The first-order valence-electron chi connectivity index (χ1n) is 6.14. The van der Waals surface area contributed by atoms with Gasteiger partial charge in [0.05, 0.1) is 21.5 Å². The number of benzene rings is 1. The van der Waals surface area contributed by atoms with Crippen molar-refractivity contribution in [2.45, 2.75) is 6.92 Å². The van der Waals surface area contributed by atoms with E-state index in [1.54, 1.807) is 36.4 Å². The molecular weight excluding hydrogens is 331 g/mol. The van der Waals surface area contributed by atoms with Crippen molar-refractivity contribution in [2.24, 2.45) is 0 Å². The number of ether oxygens (including phenoxy) is 1. The van der Waals surface area contributed by atoms with Crippen molar-refractivity contribution in [3.8, 4) is 5.75 Å². The third kappa shape index (κ3) is 4.00. The van der Waals surface area contributed by atoms with Crippen LogP contribution in [-0.4, -0.2) is 17.7 Å². The summed E-state index contributed by atoms with van der Waals surface area (Å²) in [7, 11) is 0. The lowest BCUT2D eigenvalue weighted by Gasteiger charge is -2.06. The third-order valence-electron chi connectivity index (χ3n) is 2.64. The molecule has 0 spiro atoms. The minimum absolute atomic E-state index is 0.173. The highest BCUT2D eigenvalue weighted by Crippen LogP contribution is 2.31. The number of halogens is 2. The first-order valence-corrected chi connectivity index (χ1v) is 7.71. The Kier molecular flexibility index (Phi) is 5.28. The molecule has 2 rings (SSSR count). The van der Waals surface area contributed by atoms with Crippen molar-refractivity contribution in [2.75, 3.05) is 6.61 Å². The predicted octanol–water partition coefficient (Wildman–Crippen LogP) is 5.08. The molecule has 6 heteroatoms. The lowest BCUT2D eigenvalue weighted by molar-refractivity contribution is -0.130. The number of rotatable bonds is 5. The Balaban J connectivity index is 2.39. The highest BCUT2D eigenvalue weighted by molar-refractivity contribution is 7.17. The van der Waals surface area contributed by atoms with E-state index in [0.29, 0.717) is 32.2 Å². The van der Waals surface area contributed by atoms with Crippen LogP contribution in [0.25, 0.3) is 11.6 Å². The van der Waals surface area contributed by atoms with E-state index >= 15 is 0 Å². The Morgan fingerprint density at radius 1 is 1.33 bits per heavy atom. The average molecular weight is 343 g/mol. The molecule has 0 bridgehead atoms. The fourth-order valence-corrected chi connectivity index (χ4v) is 3.04. The van der Waals surface area contributed by atoms with E-state index in [4.69, 9.17) is 27.9 Å². The number of carbonyl (C=O) groups is 1. The molecule has 0 unspecified atom stereocenters. The lowest BCUT2D eigenvalue weighted by Crippen LogP contribution is -1.98. The topological polar surface area (TPSA) is 46.5 Å². The van der Waals surface area contributed by atoms with Gasteiger partial charge in [-0.3, -0.25) is 0 Å². The van der Waals surface area contributed by atoms with Gasteiger partial charge in [0.25, 0.3) is 0 Å². The number of hydrogen-bond acceptors (Lipinski definition) is 3. The predicted molar refractivity (Wildman–Crippen MR) is 87.5 cm³/mol. The maximum atomic E-state index is 11.4. The zero-order chi connectivity index (χ0) is 15.4. The number of carboxylic acid groups (broad SMARTS) is 1. The Morgan fingerprint density at radius 3 is 2.62 bits per heavy atom. The minimum atomic E-state index is -1.02. The van der Waals surface area contributed by atoms with Crippen LogP contribution in [0, 0.1) is 0 Å². The molecule has 0 aliphatic heterocycles. The van der Waals surface area contributed by atoms with Crippen LogP contribution in [0.3, 0.4) is 0 Å². The Morgan fingerprint density at radius 2 is 2.10 bits per heavy atom. The molecule has 1 heterocycles. The van der Waals surface area contributed by atoms with Crippen LogP contribution in [0.15, 0.2) is 30.3 Å². The molecule has 3 nitrogen and oxygen atoms in total. The van der Waals surface area contributed by atoms with Gasteiger partial charge in [0.15, 0.2) is 0 Å². The van der Waals surface area contributed by atoms with Crippen LogP contribution in [0.5, 0.6) is 5.75 Å². The summed E-state index contributed by atoms with van der Waals surface area (Å²) in [6, 6.07) is 8.50. The molecule has 0 saturated carbocycles. The standard InChI is InChI=1S/C15H12Cl2O3S/c1-2-20-12-4-3-9(8-11(12)16)7-10(15(18)19)13-5-6-14(17)21-13/h3-8H,2H2,1H3,(H,18,19)/b10-7-. The van der Waals surface area contributed by atoms with Crippen molar-refractivity contribution in [1.29, 1.82) is 0 Å². The third-order valence-corrected chi connectivity index (χ3v) is 4.20. The van der Waals surface area contributed by atoms with Gasteiger partial charge in [0, 0.05) is 4.88 Å². The number of aliphatic carboxylic acids is 1. The van der Waals surface area contributed by atoms with Crippen LogP contribution in [-0.2, 0) is 4.79 Å². The van der Waals surface area contributed by atoms with Crippen LogP contribution in [0.4, 0.5) is 0 Å². The second kappa shape index (κ2) is 6.98. The summed E-state index contributed by atoms with van der Waals surface area (Å²) < 4.78 is 5.89. The normalized spacial score (nSPS) is 11.5. The summed E-state index contributed by atoms with van der Waals surface area (Å²) in [5, 5.41) is 9.79. The van der Waals surface area contributed by atoms with Gasteiger partial charge < -0.3 is 9.84 Å². The monoisotopic (exact) mass is 342 g/mol. The highest BCUT2D eigenvalue weighted by atomic mass is 35.5. The molecule has 1 aromatic heterocycles. The van der Waals surface area contributed by atoms with Gasteiger partial charge in [-0.1, -0.05) is 29.3 Å². The number of carboxylic acids is 1. The van der Waals surface area contributed by atoms with E-state index in [2.05, 4.69) is 0 Å². The van der Waals surface area contributed by atoms with Crippen LogP contribution in [0.1, 0.15) is 17.4 Å². The van der Waals surface area contributed by atoms with E-state index in [9.17, 15) is 9.90 Å². The second-order valence-corrected chi connectivity index (χ2v) is 6.21. The molecule has 0 saturated heterocycles. The van der Waals surface area contributed by atoms with E-state index in [1.165, 1.54) is 11.3 Å². The number of hydrogen-bond donors (Lipinski definition) is 1. The van der Waals surface area contributed by atoms with E-state index in [0.717, 1.165) is 0 Å². The molecular formula is C15H12Cl2O3S. The molecule has 1 N–H and O–H groups in total. The zero-order valence-electron chi connectivity index (χ0n) is 11.1. The van der Waals surface area contributed by atoms with Gasteiger partial charge in [0.2, 0.25) is 0 Å². The van der Waals surface area contributed by atoms with Crippen LogP contribution in [0.2, 0.25) is 9.36 Å². The molecule has 0 fully saturated rings. The van der Waals surface area contributed by atoms with E-state index in [1.807, 2.05) is 6.92 Å². The summed E-state index contributed by atoms with van der Waals surface area (Å²) in [6.07, 6.45) is 1.56.